The molecule has 0 amide bonds. The minimum absolute atomic E-state index is 0.139. The summed E-state index contributed by atoms with van der Waals surface area (Å²) in [6, 6.07) is 5.88. The SMILES string of the molecule is O=C(/C=C/c1ccc(F)cc1)O[C@H]1CCOC1. The van der Waals surface area contributed by atoms with Gasteiger partial charge in [-0.3, -0.25) is 0 Å². The molecule has 0 spiro atoms. The molecular weight excluding hydrogens is 223 g/mol. The van der Waals surface area contributed by atoms with E-state index in [0.717, 1.165) is 12.0 Å². The number of hydrogen-bond acceptors (Lipinski definition) is 3. The van der Waals surface area contributed by atoms with Gasteiger partial charge in [-0.2, -0.15) is 0 Å². The van der Waals surface area contributed by atoms with E-state index in [0.29, 0.717) is 13.2 Å². The van der Waals surface area contributed by atoms with Crippen molar-refractivity contribution in [2.45, 2.75) is 12.5 Å². The average molecular weight is 236 g/mol. The van der Waals surface area contributed by atoms with Crippen molar-refractivity contribution in [2.75, 3.05) is 13.2 Å². The predicted octanol–water partition coefficient (Wildman–Crippen LogP) is 2.17. The van der Waals surface area contributed by atoms with Crippen molar-refractivity contribution in [3.63, 3.8) is 0 Å². The molecule has 1 saturated heterocycles. The van der Waals surface area contributed by atoms with E-state index >= 15 is 0 Å². The Morgan fingerprint density at radius 2 is 2.18 bits per heavy atom. The molecule has 1 atom stereocenters. The fraction of sp³-hybridized carbons (Fsp3) is 0.308. The Bertz CT molecular complexity index is 405. The number of ether oxygens (including phenoxy) is 2. The Kier molecular flexibility index (Phi) is 3.88. The number of carbonyl (C=O) groups is 1. The highest BCUT2D eigenvalue weighted by atomic mass is 19.1. The van der Waals surface area contributed by atoms with Crippen molar-refractivity contribution >= 4 is 12.0 Å². The molecule has 1 aliphatic heterocycles. The molecular formula is C13H13FO3. The lowest BCUT2D eigenvalue weighted by Gasteiger charge is -2.06. The molecule has 0 N–H and O–H groups in total. The summed E-state index contributed by atoms with van der Waals surface area (Å²) in [5, 5.41) is 0. The molecule has 0 saturated carbocycles. The summed E-state index contributed by atoms with van der Waals surface area (Å²) < 4.78 is 22.8. The first-order valence-electron chi connectivity index (χ1n) is 5.46. The van der Waals surface area contributed by atoms with Gasteiger partial charge in [-0.1, -0.05) is 12.1 Å². The van der Waals surface area contributed by atoms with Crippen molar-refractivity contribution < 1.29 is 18.7 Å². The van der Waals surface area contributed by atoms with Crippen molar-refractivity contribution in [1.29, 1.82) is 0 Å². The maximum atomic E-state index is 12.6. The largest absolute Gasteiger partial charge is 0.457 e. The molecule has 0 aromatic heterocycles. The average Bonchev–Trinajstić information content (AvgIpc) is 2.81. The van der Waals surface area contributed by atoms with Gasteiger partial charge in [0.2, 0.25) is 0 Å². The fourth-order valence-electron chi connectivity index (χ4n) is 1.55. The zero-order chi connectivity index (χ0) is 12.1. The first-order valence-corrected chi connectivity index (χ1v) is 5.46. The normalized spacial score (nSPS) is 19.7. The van der Waals surface area contributed by atoms with Crippen LogP contribution in [0.25, 0.3) is 6.08 Å². The predicted molar refractivity (Wildman–Crippen MR) is 60.8 cm³/mol. The maximum absolute atomic E-state index is 12.6. The Labute approximate surface area is 98.8 Å². The third-order valence-electron chi connectivity index (χ3n) is 2.45. The number of halogens is 1. The highest BCUT2D eigenvalue weighted by molar-refractivity contribution is 5.87. The lowest BCUT2D eigenvalue weighted by Crippen LogP contribution is -2.16. The highest BCUT2D eigenvalue weighted by Gasteiger charge is 2.18. The second kappa shape index (κ2) is 5.59. The summed E-state index contributed by atoms with van der Waals surface area (Å²) in [4.78, 5) is 11.4. The van der Waals surface area contributed by atoms with Crippen LogP contribution in [0.4, 0.5) is 4.39 Å². The van der Waals surface area contributed by atoms with E-state index < -0.39 is 5.97 Å². The Hall–Kier alpha value is -1.68. The first-order chi connectivity index (χ1) is 8.24. The summed E-state index contributed by atoms with van der Waals surface area (Å²) in [5.41, 5.74) is 0.756. The zero-order valence-corrected chi connectivity index (χ0v) is 9.27. The molecule has 17 heavy (non-hydrogen) atoms. The first kappa shape index (κ1) is 11.8. The third-order valence-corrected chi connectivity index (χ3v) is 2.45. The fourth-order valence-corrected chi connectivity index (χ4v) is 1.55. The molecule has 0 bridgehead atoms. The molecule has 4 heteroatoms. The quantitative estimate of drug-likeness (QED) is 0.596. The van der Waals surface area contributed by atoms with Crippen LogP contribution in [0.3, 0.4) is 0 Å². The minimum atomic E-state index is -0.398. The van der Waals surface area contributed by atoms with Crippen LogP contribution in [-0.4, -0.2) is 25.3 Å². The van der Waals surface area contributed by atoms with Gasteiger partial charge in [0.05, 0.1) is 13.2 Å². The standard InChI is InChI=1S/C13H13FO3/c14-11-4-1-10(2-5-11)3-6-13(15)17-12-7-8-16-9-12/h1-6,12H,7-9H2/b6-3+/t12-/m0/s1. The highest BCUT2D eigenvalue weighted by Crippen LogP contribution is 2.09. The molecule has 1 aromatic rings. The molecule has 3 nitrogen and oxygen atoms in total. The number of carbonyl (C=O) groups excluding carboxylic acids is 1. The van der Waals surface area contributed by atoms with Crippen LogP contribution in [0.1, 0.15) is 12.0 Å². The van der Waals surface area contributed by atoms with Crippen LogP contribution in [0.2, 0.25) is 0 Å². The molecule has 0 unspecified atom stereocenters. The number of esters is 1. The van der Waals surface area contributed by atoms with E-state index in [4.69, 9.17) is 9.47 Å². The second-order valence-corrected chi connectivity index (χ2v) is 3.81. The van der Waals surface area contributed by atoms with Gasteiger partial charge in [0.15, 0.2) is 0 Å². The smallest absolute Gasteiger partial charge is 0.331 e. The van der Waals surface area contributed by atoms with Crippen LogP contribution in [0.15, 0.2) is 30.3 Å². The molecule has 2 rings (SSSR count). The van der Waals surface area contributed by atoms with Crippen molar-refractivity contribution in [1.82, 2.24) is 0 Å². The summed E-state index contributed by atoms with van der Waals surface area (Å²) in [7, 11) is 0. The monoisotopic (exact) mass is 236 g/mol. The topological polar surface area (TPSA) is 35.5 Å². The molecule has 1 fully saturated rings. The van der Waals surface area contributed by atoms with Crippen LogP contribution in [0.5, 0.6) is 0 Å². The summed E-state index contributed by atoms with van der Waals surface area (Å²) in [6.45, 7) is 1.11. The van der Waals surface area contributed by atoms with Gasteiger partial charge >= 0.3 is 5.97 Å². The lowest BCUT2D eigenvalue weighted by atomic mass is 10.2. The van der Waals surface area contributed by atoms with E-state index in [9.17, 15) is 9.18 Å². The number of benzene rings is 1. The van der Waals surface area contributed by atoms with Crippen LogP contribution < -0.4 is 0 Å². The van der Waals surface area contributed by atoms with Gasteiger partial charge in [0.1, 0.15) is 11.9 Å². The maximum Gasteiger partial charge on any atom is 0.331 e. The van der Waals surface area contributed by atoms with Crippen LogP contribution in [0, 0.1) is 5.82 Å². The zero-order valence-electron chi connectivity index (χ0n) is 9.27. The van der Waals surface area contributed by atoms with Gasteiger partial charge in [-0.25, -0.2) is 9.18 Å². The number of hydrogen-bond donors (Lipinski definition) is 0. The summed E-state index contributed by atoms with van der Waals surface area (Å²) >= 11 is 0. The van der Waals surface area contributed by atoms with E-state index in [-0.39, 0.29) is 11.9 Å². The van der Waals surface area contributed by atoms with Crippen molar-refractivity contribution in [3.8, 4) is 0 Å². The van der Waals surface area contributed by atoms with Gasteiger partial charge in [0.25, 0.3) is 0 Å². The van der Waals surface area contributed by atoms with E-state index in [1.54, 1.807) is 18.2 Å². The molecule has 90 valence electrons. The Balaban J connectivity index is 1.86. The minimum Gasteiger partial charge on any atom is -0.457 e. The second-order valence-electron chi connectivity index (χ2n) is 3.81. The van der Waals surface area contributed by atoms with Gasteiger partial charge in [0, 0.05) is 12.5 Å². The van der Waals surface area contributed by atoms with E-state index in [2.05, 4.69) is 0 Å². The Morgan fingerprint density at radius 1 is 1.41 bits per heavy atom. The molecule has 1 heterocycles. The summed E-state index contributed by atoms with van der Waals surface area (Å²) in [6.07, 6.45) is 3.54. The number of rotatable bonds is 3. The van der Waals surface area contributed by atoms with Crippen LogP contribution in [-0.2, 0) is 14.3 Å². The van der Waals surface area contributed by atoms with Gasteiger partial charge in [-0.15, -0.1) is 0 Å². The summed E-state index contributed by atoms with van der Waals surface area (Å²) in [5.74, 6) is -0.697. The van der Waals surface area contributed by atoms with Crippen molar-refractivity contribution in [3.05, 3.63) is 41.7 Å². The van der Waals surface area contributed by atoms with Gasteiger partial charge in [-0.05, 0) is 23.8 Å². The van der Waals surface area contributed by atoms with E-state index in [1.165, 1.54) is 18.2 Å². The van der Waals surface area contributed by atoms with Crippen molar-refractivity contribution in [2.24, 2.45) is 0 Å². The Morgan fingerprint density at radius 3 is 2.82 bits per heavy atom. The van der Waals surface area contributed by atoms with E-state index in [1.807, 2.05) is 0 Å². The third kappa shape index (κ3) is 3.67. The molecule has 0 radical (unpaired) electrons. The lowest BCUT2D eigenvalue weighted by molar-refractivity contribution is -0.142. The molecule has 0 aliphatic carbocycles. The molecule has 1 aromatic carbocycles. The molecule has 1 aliphatic rings. The van der Waals surface area contributed by atoms with Crippen LogP contribution >= 0.6 is 0 Å². The van der Waals surface area contributed by atoms with Gasteiger partial charge < -0.3 is 9.47 Å².